The Bertz CT molecular complexity index is 836. The summed E-state index contributed by atoms with van der Waals surface area (Å²) >= 11 is 0. The molecule has 1 aromatic carbocycles. The molecule has 5 heteroatoms. The van der Waals surface area contributed by atoms with E-state index in [1.165, 1.54) is 6.92 Å². The Morgan fingerprint density at radius 2 is 1.81 bits per heavy atom. The highest BCUT2D eigenvalue weighted by molar-refractivity contribution is 5.71. The van der Waals surface area contributed by atoms with Gasteiger partial charge in [0.15, 0.2) is 0 Å². The number of ether oxygens (including phenoxy) is 1. The van der Waals surface area contributed by atoms with Crippen molar-refractivity contribution in [2.24, 2.45) is 0 Å². The van der Waals surface area contributed by atoms with Crippen LogP contribution in [0, 0.1) is 6.92 Å². The summed E-state index contributed by atoms with van der Waals surface area (Å²) in [5, 5.41) is 15.7. The molecule has 0 atom stereocenters. The van der Waals surface area contributed by atoms with Gasteiger partial charge in [0.1, 0.15) is 12.4 Å². The minimum absolute atomic E-state index is 0.190. The number of aromatic hydroxyl groups is 1. The van der Waals surface area contributed by atoms with E-state index in [4.69, 9.17) is 4.74 Å². The van der Waals surface area contributed by atoms with Crippen LogP contribution < -0.4 is 0 Å². The standard InChI is InChI=1S/C22H32N2O3/c1-14-16(18-9-10-24(23-18)11-12-27-15(2)25)13-17(21(3,4)5)20(26)19(14)22(6,7)8/h9-10,13,26H,11-12H2,1-8H3. The molecule has 27 heavy (non-hydrogen) atoms. The first-order valence-corrected chi connectivity index (χ1v) is 9.37. The molecule has 0 aliphatic carbocycles. The maximum absolute atomic E-state index is 11.0. The van der Waals surface area contributed by atoms with Crippen molar-refractivity contribution >= 4 is 5.97 Å². The van der Waals surface area contributed by atoms with E-state index in [2.05, 4.69) is 52.7 Å². The Hall–Kier alpha value is -2.30. The van der Waals surface area contributed by atoms with E-state index >= 15 is 0 Å². The van der Waals surface area contributed by atoms with Gasteiger partial charge in [0.25, 0.3) is 0 Å². The number of benzene rings is 1. The topological polar surface area (TPSA) is 64.3 Å². The smallest absolute Gasteiger partial charge is 0.302 e. The first-order chi connectivity index (χ1) is 12.3. The quantitative estimate of drug-likeness (QED) is 0.789. The molecule has 1 aromatic heterocycles. The van der Waals surface area contributed by atoms with Crippen molar-refractivity contribution in [2.75, 3.05) is 6.61 Å². The van der Waals surface area contributed by atoms with Gasteiger partial charge < -0.3 is 9.84 Å². The lowest BCUT2D eigenvalue weighted by Gasteiger charge is -2.30. The van der Waals surface area contributed by atoms with Crippen molar-refractivity contribution < 1.29 is 14.6 Å². The van der Waals surface area contributed by atoms with Gasteiger partial charge in [-0.3, -0.25) is 9.48 Å². The van der Waals surface area contributed by atoms with Crippen LogP contribution in [0.1, 0.15) is 65.2 Å². The molecule has 0 spiro atoms. The molecule has 0 amide bonds. The zero-order chi connectivity index (χ0) is 20.6. The van der Waals surface area contributed by atoms with Crippen molar-refractivity contribution in [2.45, 2.75) is 72.8 Å². The first-order valence-electron chi connectivity index (χ1n) is 9.37. The molecule has 0 fully saturated rings. The second-order valence-corrected chi connectivity index (χ2v) is 9.12. The fraction of sp³-hybridized carbons (Fsp3) is 0.545. The maximum Gasteiger partial charge on any atom is 0.302 e. The number of hydrogen-bond donors (Lipinski definition) is 1. The lowest BCUT2D eigenvalue weighted by Crippen LogP contribution is -2.19. The molecule has 1 heterocycles. The Labute approximate surface area is 162 Å². The summed E-state index contributed by atoms with van der Waals surface area (Å²) in [6.07, 6.45) is 1.89. The van der Waals surface area contributed by atoms with Crippen LogP contribution in [-0.2, 0) is 26.9 Å². The molecule has 0 unspecified atom stereocenters. The summed E-state index contributed by atoms with van der Waals surface area (Å²) in [4.78, 5) is 10.9. The molecule has 5 nitrogen and oxygen atoms in total. The van der Waals surface area contributed by atoms with E-state index in [1.54, 1.807) is 4.68 Å². The molecule has 0 bridgehead atoms. The monoisotopic (exact) mass is 372 g/mol. The fourth-order valence-electron chi connectivity index (χ4n) is 3.44. The van der Waals surface area contributed by atoms with Gasteiger partial charge in [0.05, 0.1) is 12.2 Å². The Kier molecular flexibility index (Phi) is 5.74. The number of phenols is 1. The van der Waals surface area contributed by atoms with Crippen molar-refractivity contribution in [3.8, 4) is 17.0 Å². The molecule has 148 valence electrons. The highest BCUT2D eigenvalue weighted by Gasteiger charge is 2.29. The minimum atomic E-state index is -0.290. The Balaban J connectivity index is 2.54. The number of aromatic nitrogens is 2. The van der Waals surface area contributed by atoms with Crippen molar-refractivity contribution in [1.82, 2.24) is 9.78 Å². The zero-order valence-electron chi connectivity index (χ0n) is 17.8. The van der Waals surface area contributed by atoms with Gasteiger partial charge in [-0.2, -0.15) is 5.10 Å². The largest absolute Gasteiger partial charge is 0.507 e. The molecular weight excluding hydrogens is 340 g/mol. The third-order valence-electron chi connectivity index (χ3n) is 4.66. The lowest BCUT2D eigenvalue weighted by molar-refractivity contribution is -0.141. The van der Waals surface area contributed by atoms with Gasteiger partial charge >= 0.3 is 5.97 Å². The lowest BCUT2D eigenvalue weighted by atomic mass is 9.75. The first kappa shape index (κ1) is 21.0. The summed E-state index contributed by atoms with van der Waals surface area (Å²) < 4.78 is 6.77. The molecule has 1 N–H and O–H groups in total. The van der Waals surface area contributed by atoms with Crippen LogP contribution in [0.15, 0.2) is 18.3 Å². The molecule has 2 aromatic rings. The highest BCUT2D eigenvalue weighted by atomic mass is 16.5. The average Bonchev–Trinajstić information content (AvgIpc) is 2.92. The average molecular weight is 373 g/mol. The summed E-state index contributed by atoms with van der Waals surface area (Å²) in [6, 6.07) is 4.02. The van der Waals surface area contributed by atoms with Crippen LogP contribution in [0.25, 0.3) is 11.3 Å². The Morgan fingerprint density at radius 3 is 2.33 bits per heavy atom. The highest BCUT2D eigenvalue weighted by Crippen LogP contribution is 2.44. The maximum atomic E-state index is 11.0. The van der Waals surface area contributed by atoms with Gasteiger partial charge in [0, 0.05) is 29.8 Å². The van der Waals surface area contributed by atoms with E-state index in [0.717, 1.165) is 27.9 Å². The predicted molar refractivity (Wildman–Crippen MR) is 108 cm³/mol. The molecule has 0 aliphatic rings. The summed E-state index contributed by atoms with van der Waals surface area (Å²) in [6.45, 7) is 16.9. The van der Waals surface area contributed by atoms with Gasteiger partial charge in [-0.05, 0) is 35.4 Å². The van der Waals surface area contributed by atoms with Crippen LogP contribution in [-0.4, -0.2) is 27.5 Å². The second-order valence-electron chi connectivity index (χ2n) is 9.12. The van der Waals surface area contributed by atoms with Gasteiger partial charge in [0.2, 0.25) is 0 Å². The van der Waals surface area contributed by atoms with E-state index in [0.29, 0.717) is 18.9 Å². The number of rotatable bonds is 4. The van der Waals surface area contributed by atoms with Gasteiger partial charge in [-0.15, -0.1) is 0 Å². The molecule has 0 saturated carbocycles. The molecule has 0 radical (unpaired) electrons. The summed E-state index contributed by atoms with van der Waals surface area (Å²) in [5.74, 6) is 0.0898. The SMILES string of the molecule is CC(=O)OCCn1ccc(-c2cc(C(C)(C)C)c(O)c(C(C)(C)C)c2C)n1. The number of carbonyl (C=O) groups is 1. The van der Waals surface area contributed by atoms with Crippen molar-refractivity contribution in [3.63, 3.8) is 0 Å². The van der Waals surface area contributed by atoms with Crippen molar-refractivity contribution in [1.29, 1.82) is 0 Å². The van der Waals surface area contributed by atoms with Gasteiger partial charge in [-0.25, -0.2) is 0 Å². The number of phenolic OH excluding ortho intramolecular Hbond substituents is 1. The third-order valence-corrected chi connectivity index (χ3v) is 4.66. The Morgan fingerprint density at radius 1 is 1.19 bits per heavy atom. The van der Waals surface area contributed by atoms with E-state index in [9.17, 15) is 9.90 Å². The minimum Gasteiger partial charge on any atom is -0.507 e. The molecular formula is C22H32N2O3. The van der Waals surface area contributed by atoms with Gasteiger partial charge in [-0.1, -0.05) is 41.5 Å². The van der Waals surface area contributed by atoms with Crippen LogP contribution >= 0.6 is 0 Å². The normalized spacial score (nSPS) is 12.3. The van der Waals surface area contributed by atoms with Crippen molar-refractivity contribution in [3.05, 3.63) is 35.0 Å². The summed E-state index contributed by atoms with van der Waals surface area (Å²) in [7, 11) is 0. The van der Waals surface area contributed by atoms with Crippen LogP contribution in [0.3, 0.4) is 0 Å². The fourth-order valence-corrected chi connectivity index (χ4v) is 3.44. The van der Waals surface area contributed by atoms with Crippen LogP contribution in [0.4, 0.5) is 0 Å². The molecule has 2 rings (SSSR count). The third kappa shape index (κ3) is 4.71. The van der Waals surface area contributed by atoms with E-state index in [-0.39, 0.29) is 16.8 Å². The number of esters is 1. The van der Waals surface area contributed by atoms with Crippen LogP contribution in [0.2, 0.25) is 0 Å². The summed E-state index contributed by atoms with van der Waals surface area (Å²) in [5.41, 5.74) is 4.41. The zero-order valence-corrected chi connectivity index (χ0v) is 17.8. The molecule has 0 aliphatic heterocycles. The van der Waals surface area contributed by atoms with E-state index < -0.39 is 0 Å². The number of nitrogens with zero attached hydrogens (tertiary/aromatic N) is 2. The van der Waals surface area contributed by atoms with E-state index in [1.807, 2.05) is 19.2 Å². The van der Waals surface area contributed by atoms with Crippen LogP contribution in [0.5, 0.6) is 5.75 Å². The number of carbonyl (C=O) groups excluding carboxylic acids is 1. The number of hydrogen-bond acceptors (Lipinski definition) is 4. The second kappa shape index (κ2) is 7.37. The predicted octanol–water partition coefficient (Wildman–Crippen LogP) is 4.72. The molecule has 0 saturated heterocycles.